The number of allylic oxidation sites excluding steroid dienone is 1. The van der Waals surface area contributed by atoms with Gasteiger partial charge in [-0.05, 0) is 123 Å². The Morgan fingerprint density at radius 2 is 1.68 bits per heavy atom. The van der Waals surface area contributed by atoms with E-state index in [0.29, 0.717) is 79.3 Å². The molecule has 1 fully saturated rings. The predicted octanol–water partition coefficient (Wildman–Crippen LogP) is 5.88. The molecular formula is C47H51NO9. The van der Waals surface area contributed by atoms with E-state index in [0.717, 1.165) is 16.7 Å². The van der Waals surface area contributed by atoms with Gasteiger partial charge in [0.2, 0.25) is 0 Å². The number of hydrogen-bond acceptors (Lipinski definition) is 10. The van der Waals surface area contributed by atoms with Crippen molar-refractivity contribution >= 4 is 23.4 Å². The number of fused-ring (bicyclic) bond motifs is 9. The molecule has 10 heteroatoms. The molecule has 1 saturated carbocycles. The number of rotatable bonds is 5. The number of nitrogens with one attached hydrogen (secondary N) is 1. The molecule has 9 bridgehead atoms. The van der Waals surface area contributed by atoms with Gasteiger partial charge in [0.1, 0.15) is 29.0 Å². The van der Waals surface area contributed by atoms with E-state index in [-0.39, 0.29) is 61.5 Å². The van der Waals surface area contributed by atoms with Crippen LogP contribution >= 0.6 is 0 Å². The van der Waals surface area contributed by atoms with Gasteiger partial charge < -0.3 is 35.2 Å². The Morgan fingerprint density at radius 3 is 2.47 bits per heavy atom. The fourth-order valence-corrected chi connectivity index (χ4v) is 9.57. The number of carbonyl (C=O) groups is 3. The quantitative estimate of drug-likeness (QED) is 0.120. The molecule has 3 heterocycles. The van der Waals surface area contributed by atoms with Crippen molar-refractivity contribution < 1.29 is 44.3 Å². The smallest absolute Gasteiger partial charge is 0.334 e. The minimum atomic E-state index is -1.59. The summed E-state index contributed by atoms with van der Waals surface area (Å²) in [7, 11) is 0. The zero-order valence-electron chi connectivity index (χ0n) is 32.6. The zero-order chi connectivity index (χ0) is 40.0. The van der Waals surface area contributed by atoms with Gasteiger partial charge in [-0.25, -0.2) is 4.79 Å². The summed E-state index contributed by atoms with van der Waals surface area (Å²) in [4.78, 5) is 41.4. The van der Waals surface area contributed by atoms with Crippen molar-refractivity contribution in [3.63, 3.8) is 0 Å². The second kappa shape index (κ2) is 15.8. The highest BCUT2D eigenvalue weighted by atomic mass is 16.6. The molecule has 7 atom stereocenters. The van der Waals surface area contributed by atoms with E-state index in [1.165, 1.54) is 17.2 Å². The summed E-state index contributed by atoms with van der Waals surface area (Å²) in [5.41, 5.74) is 6.42. The lowest BCUT2D eigenvalue weighted by Crippen LogP contribution is -2.52. The number of phenolic OH excluding ortho intramolecular Hbond substituents is 1. The molecular weight excluding hydrogens is 723 g/mol. The second-order valence-corrected chi connectivity index (χ2v) is 17.0. The second-order valence-electron chi connectivity index (χ2n) is 17.0. The van der Waals surface area contributed by atoms with Gasteiger partial charge in [-0.15, -0.1) is 0 Å². The van der Waals surface area contributed by atoms with Crippen LogP contribution in [0.1, 0.15) is 110 Å². The van der Waals surface area contributed by atoms with Crippen LogP contribution in [0.5, 0.6) is 11.5 Å². The lowest BCUT2D eigenvalue weighted by atomic mass is 9.68. The number of carbonyl (C=O) groups excluding carboxylic acids is 3. The molecule has 5 N–H and O–H groups in total. The number of anilines is 1. The average Bonchev–Trinajstić information content (AvgIpc) is 3.39. The monoisotopic (exact) mass is 773 g/mol. The van der Waals surface area contributed by atoms with E-state index >= 15 is 4.79 Å². The summed E-state index contributed by atoms with van der Waals surface area (Å²) < 4.78 is 12.2. The molecule has 0 radical (unpaired) electrons. The Morgan fingerprint density at radius 1 is 0.895 bits per heavy atom. The molecule has 3 aromatic carbocycles. The molecule has 298 valence electrons. The summed E-state index contributed by atoms with van der Waals surface area (Å²) in [6, 6.07) is 15.2. The molecule has 3 aliphatic heterocycles. The minimum Gasteiger partial charge on any atom is -0.508 e. The van der Waals surface area contributed by atoms with E-state index in [9.17, 15) is 30.0 Å². The highest BCUT2D eigenvalue weighted by Gasteiger charge is 2.47. The van der Waals surface area contributed by atoms with Crippen LogP contribution < -0.4 is 10.1 Å². The number of aryl methyl sites for hydroxylation is 2. The van der Waals surface area contributed by atoms with Crippen LogP contribution in [0.2, 0.25) is 0 Å². The fourth-order valence-electron chi connectivity index (χ4n) is 9.57. The van der Waals surface area contributed by atoms with Crippen molar-refractivity contribution in [2.75, 3.05) is 11.9 Å². The SMILES string of the molecule is C[C@H](O)CNc1cc(CO)cc([C@H]2C#C[C@@H]3CC(=O)Oc4cc(O)c(cc43)C[C@H]3OC(=O)/C(=C4/CCc5ccc(cc5CC4)C[C@H]4C[C@@H](CCC4=O)[C@]3(C)O)C2)c1. The Labute approximate surface area is 333 Å². The van der Waals surface area contributed by atoms with Crippen molar-refractivity contribution in [3.05, 3.63) is 98.6 Å². The highest BCUT2D eigenvalue weighted by molar-refractivity contribution is 5.90. The van der Waals surface area contributed by atoms with Crippen molar-refractivity contribution in [1.29, 1.82) is 0 Å². The third-order valence-corrected chi connectivity index (χ3v) is 12.9. The Kier molecular flexibility index (Phi) is 10.8. The molecule has 0 amide bonds. The summed E-state index contributed by atoms with van der Waals surface area (Å²) in [6.45, 7) is 3.40. The predicted molar refractivity (Wildman–Crippen MR) is 213 cm³/mol. The Hall–Kier alpha value is -4.95. The molecule has 57 heavy (non-hydrogen) atoms. The topological polar surface area (TPSA) is 163 Å². The standard InChI is InChI=1S/C47H51NO9/c1-26(50)24-48-38-16-28(25-49)15-34(18-38)32-9-10-33-22-45(53)56-43-23-42(52)36(20-39(33)43)21-44-47(2,55)37-11-12-41(51)35(17-37)14-27-3-4-29-5-6-30(7-8-31(29)13-27)40(19-32)46(54)57-44/h3-4,13,15-16,18,20,23,26,32-33,35,37,44,48-50,52,55H,5-8,11-12,14,17,19,21-22,24-25H2,1-2H3/b40-30-/t26-,32-,33+,35-,37+,44+,47-/m0/s1. The zero-order valence-corrected chi connectivity index (χ0v) is 32.6. The lowest BCUT2D eigenvalue weighted by Gasteiger charge is -2.42. The van der Waals surface area contributed by atoms with Gasteiger partial charge in [0.15, 0.2) is 0 Å². The number of Topliss-reactive ketones (excluding diaryl/α,β-unsaturated/α-hetero) is 1. The van der Waals surface area contributed by atoms with E-state index in [2.05, 4.69) is 35.4 Å². The Bertz CT molecular complexity index is 2210. The first-order chi connectivity index (χ1) is 27.3. The third-order valence-electron chi connectivity index (χ3n) is 12.9. The summed E-state index contributed by atoms with van der Waals surface area (Å²) in [5.74, 6) is 4.16. The number of phenols is 1. The van der Waals surface area contributed by atoms with Crippen LogP contribution in [0.3, 0.4) is 0 Å². The number of hydrogen-bond donors (Lipinski definition) is 5. The van der Waals surface area contributed by atoms with Crippen LogP contribution in [0.25, 0.3) is 0 Å². The number of esters is 2. The molecule has 0 aromatic heterocycles. The molecule has 2 aliphatic carbocycles. The number of benzene rings is 3. The fraction of sp³-hybridized carbons (Fsp3) is 0.468. The van der Waals surface area contributed by atoms with Gasteiger partial charge in [-0.2, -0.15) is 0 Å². The maximum Gasteiger partial charge on any atom is 0.334 e. The first-order valence-electron chi connectivity index (χ1n) is 20.4. The van der Waals surface area contributed by atoms with Crippen molar-refractivity contribution in [1.82, 2.24) is 0 Å². The molecule has 5 aliphatic rings. The molecule has 0 unspecified atom stereocenters. The maximum absolute atomic E-state index is 15.0. The molecule has 0 spiro atoms. The lowest BCUT2D eigenvalue weighted by molar-refractivity contribution is -0.170. The third kappa shape index (κ3) is 8.11. The summed E-state index contributed by atoms with van der Waals surface area (Å²) >= 11 is 0. The largest absolute Gasteiger partial charge is 0.508 e. The van der Waals surface area contributed by atoms with Gasteiger partial charge in [0.05, 0.1) is 25.0 Å². The Balaban J connectivity index is 1.33. The van der Waals surface area contributed by atoms with Gasteiger partial charge in [-0.3, -0.25) is 9.59 Å². The molecule has 10 nitrogen and oxygen atoms in total. The van der Waals surface area contributed by atoms with Crippen molar-refractivity contribution in [3.8, 4) is 23.3 Å². The number of ether oxygens (including phenoxy) is 2. The van der Waals surface area contributed by atoms with Crippen molar-refractivity contribution in [2.45, 2.75) is 121 Å². The van der Waals surface area contributed by atoms with Crippen LogP contribution in [0, 0.1) is 23.7 Å². The maximum atomic E-state index is 15.0. The van der Waals surface area contributed by atoms with Crippen LogP contribution in [0.4, 0.5) is 5.69 Å². The summed E-state index contributed by atoms with van der Waals surface area (Å²) in [5, 5.41) is 47.7. The van der Waals surface area contributed by atoms with Crippen LogP contribution in [0.15, 0.2) is 59.7 Å². The molecule has 0 saturated heterocycles. The highest BCUT2D eigenvalue weighted by Crippen LogP contribution is 2.44. The van der Waals surface area contributed by atoms with Gasteiger partial charge in [-0.1, -0.05) is 41.7 Å². The molecule has 8 rings (SSSR count). The van der Waals surface area contributed by atoms with Crippen molar-refractivity contribution in [2.24, 2.45) is 11.8 Å². The van der Waals surface area contributed by atoms with E-state index in [1.54, 1.807) is 19.9 Å². The van der Waals surface area contributed by atoms with Gasteiger partial charge >= 0.3 is 11.9 Å². The normalized spacial score (nSPS) is 28.9. The van der Waals surface area contributed by atoms with Crippen LogP contribution in [-0.4, -0.2) is 62.5 Å². The number of ketones is 1. The van der Waals surface area contributed by atoms with E-state index in [4.69, 9.17) is 9.47 Å². The first kappa shape index (κ1) is 38.9. The summed E-state index contributed by atoms with van der Waals surface area (Å²) in [6.07, 6.45) is 2.77. The molecule has 3 aromatic rings. The number of aliphatic hydroxyl groups excluding tert-OH is 2. The van der Waals surface area contributed by atoms with Gasteiger partial charge in [0, 0.05) is 54.1 Å². The van der Waals surface area contributed by atoms with Gasteiger partial charge in [0.25, 0.3) is 0 Å². The first-order valence-corrected chi connectivity index (χ1v) is 20.4. The van der Waals surface area contributed by atoms with E-state index in [1.807, 2.05) is 18.2 Å². The average molecular weight is 774 g/mol. The number of aliphatic hydroxyl groups is 3. The minimum absolute atomic E-state index is 0.0168. The van der Waals surface area contributed by atoms with E-state index < -0.39 is 41.6 Å². The number of aromatic hydroxyl groups is 1. The van der Waals surface area contributed by atoms with Crippen LogP contribution in [-0.2, 0) is 51.4 Å².